The molecule has 2 fully saturated rings. The van der Waals surface area contributed by atoms with Crippen molar-refractivity contribution in [1.29, 1.82) is 0 Å². The van der Waals surface area contributed by atoms with E-state index in [2.05, 4.69) is 27.9 Å². The number of hydrogen-bond acceptors (Lipinski definition) is 2. The maximum absolute atomic E-state index is 13.4. The summed E-state index contributed by atoms with van der Waals surface area (Å²) in [6.45, 7) is 2.62. The number of nitrogens with one attached hydrogen (secondary N) is 1. The molecule has 0 atom stereocenters. The van der Waals surface area contributed by atoms with Gasteiger partial charge in [-0.05, 0) is 53.6 Å². The fourth-order valence-electron chi connectivity index (χ4n) is 3.05. The van der Waals surface area contributed by atoms with Gasteiger partial charge in [-0.1, -0.05) is 0 Å². The predicted octanol–water partition coefficient (Wildman–Crippen LogP) is 2.06. The number of halogens is 2. The van der Waals surface area contributed by atoms with E-state index in [0.29, 0.717) is 25.2 Å². The fourth-order valence-corrected chi connectivity index (χ4v) is 3.61. The van der Waals surface area contributed by atoms with E-state index in [9.17, 15) is 14.0 Å². The van der Waals surface area contributed by atoms with Gasteiger partial charge in [-0.3, -0.25) is 4.79 Å². The third-order valence-electron chi connectivity index (χ3n) is 4.24. The Balaban J connectivity index is 1.64. The number of piperidine rings is 1. The van der Waals surface area contributed by atoms with Crippen LogP contribution in [0.2, 0.25) is 0 Å². The van der Waals surface area contributed by atoms with Crippen molar-refractivity contribution in [3.63, 3.8) is 0 Å². The van der Waals surface area contributed by atoms with E-state index in [1.807, 2.05) is 4.90 Å². The van der Waals surface area contributed by atoms with Crippen LogP contribution < -0.4 is 5.32 Å². The van der Waals surface area contributed by atoms with E-state index < -0.39 is 5.82 Å². The highest BCUT2D eigenvalue weighted by atomic mass is 127. The van der Waals surface area contributed by atoms with Crippen molar-refractivity contribution in [3.8, 4) is 0 Å². The second-order valence-electron chi connectivity index (χ2n) is 5.57. The standard InChI is InChI=1S/C15H17FIN3O2/c16-10-1-2-13(17)12(9-10)14(21)19-6-3-11(4-7-19)20-8-5-18-15(20)22/h1-2,9,11H,3-8H2,(H,18,22). The summed E-state index contributed by atoms with van der Waals surface area (Å²) in [4.78, 5) is 27.8. The van der Waals surface area contributed by atoms with Crippen molar-refractivity contribution in [2.45, 2.75) is 18.9 Å². The van der Waals surface area contributed by atoms with Crippen LogP contribution in [-0.4, -0.2) is 54.0 Å². The molecule has 7 heteroatoms. The summed E-state index contributed by atoms with van der Waals surface area (Å²) in [7, 11) is 0. The second-order valence-corrected chi connectivity index (χ2v) is 6.74. The Morgan fingerprint density at radius 1 is 1.27 bits per heavy atom. The Morgan fingerprint density at radius 3 is 2.64 bits per heavy atom. The molecule has 5 nitrogen and oxygen atoms in total. The Morgan fingerprint density at radius 2 is 2.00 bits per heavy atom. The molecule has 0 radical (unpaired) electrons. The van der Waals surface area contributed by atoms with E-state index in [-0.39, 0.29) is 18.0 Å². The first kappa shape index (κ1) is 15.5. The lowest BCUT2D eigenvalue weighted by Crippen LogP contribution is -2.47. The van der Waals surface area contributed by atoms with Crippen LogP contribution in [0.4, 0.5) is 9.18 Å². The summed E-state index contributed by atoms with van der Waals surface area (Å²) in [5.41, 5.74) is 0.415. The molecular formula is C15H17FIN3O2. The van der Waals surface area contributed by atoms with Gasteiger partial charge in [0.25, 0.3) is 5.91 Å². The molecule has 1 aromatic carbocycles. The topological polar surface area (TPSA) is 52.7 Å². The van der Waals surface area contributed by atoms with Crippen LogP contribution in [0.5, 0.6) is 0 Å². The van der Waals surface area contributed by atoms with Gasteiger partial charge >= 0.3 is 6.03 Å². The Labute approximate surface area is 142 Å². The summed E-state index contributed by atoms with van der Waals surface area (Å²) >= 11 is 2.05. The van der Waals surface area contributed by atoms with Gasteiger partial charge < -0.3 is 15.1 Å². The number of hydrogen-bond donors (Lipinski definition) is 1. The Bertz CT molecular complexity index is 602. The lowest BCUT2D eigenvalue weighted by Gasteiger charge is -2.36. The minimum absolute atomic E-state index is 0.00976. The molecule has 2 heterocycles. The van der Waals surface area contributed by atoms with Gasteiger partial charge in [0.2, 0.25) is 0 Å². The smallest absolute Gasteiger partial charge is 0.317 e. The molecule has 0 saturated carbocycles. The first-order chi connectivity index (χ1) is 10.6. The quantitative estimate of drug-likeness (QED) is 0.750. The molecule has 3 rings (SSSR count). The minimum atomic E-state index is -0.396. The van der Waals surface area contributed by atoms with Crippen molar-refractivity contribution >= 4 is 34.5 Å². The highest BCUT2D eigenvalue weighted by Gasteiger charge is 2.32. The molecule has 0 aromatic heterocycles. The van der Waals surface area contributed by atoms with Gasteiger partial charge in [0.1, 0.15) is 5.82 Å². The summed E-state index contributed by atoms with van der Waals surface area (Å²) in [5, 5.41) is 2.80. The molecule has 1 aromatic rings. The number of nitrogens with zero attached hydrogens (tertiary/aromatic N) is 2. The monoisotopic (exact) mass is 417 g/mol. The summed E-state index contributed by atoms with van der Waals surface area (Å²) in [6, 6.07) is 4.45. The van der Waals surface area contributed by atoms with Gasteiger partial charge in [-0.25, -0.2) is 9.18 Å². The molecule has 0 unspecified atom stereocenters. The van der Waals surface area contributed by atoms with Crippen LogP contribution in [0.1, 0.15) is 23.2 Å². The van der Waals surface area contributed by atoms with Crippen LogP contribution in [0, 0.1) is 9.39 Å². The molecule has 2 aliphatic heterocycles. The lowest BCUT2D eigenvalue weighted by atomic mass is 10.0. The third kappa shape index (κ3) is 3.04. The lowest BCUT2D eigenvalue weighted by molar-refractivity contribution is 0.0664. The van der Waals surface area contributed by atoms with Crippen LogP contribution in [0.25, 0.3) is 0 Å². The zero-order valence-electron chi connectivity index (χ0n) is 12.0. The van der Waals surface area contributed by atoms with Crippen LogP contribution in [0.15, 0.2) is 18.2 Å². The molecule has 0 spiro atoms. The van der Waals surface area contributed by atoms with E-state index in [4.69, 9.17) is 0 Å². The zero-order chi connectivity index (χ0) is 15.7. The Hall–Kier alpha value is -1.38. The first-order valence-electron chi connectivity index (χ1n) is 7.35. The average molecular weight is 417 g/mol. The highest BCUT2D eigenvalue weighted by Crippen LogP contribution is 2.22. The van der Waals surface area contributed by atoms with Gasteiger partial charge in [0.15, 0.2) is 0 Å². The molecule has 1 N–H and O–H groups in total. The maximum atomic E-state index is 13.4. The van der Waals surface area contributed by atoms with Gasteiger partial charge in [-0.2, -0.15) is 0 Å². The fraction of sp³-hybridized carbons (Fsp3) is 0.467. The summed E-state index contributed by atoms with van der Waals surface area (Å²) in [6.07, 6.45) is 1.54. The van der Waals surface area contributed by atoms with Crippen molar-refractivity contribution in [3.05, 3.63) is 33.1 Å². The molecule has 118 valence electrons. The van der Waals surface area contributed by atoms with Crippen molar-refractivity contribution < 1.29 is 14.0 Å². The molecule has 0 bridgehead atoms. The normalized spacial score (nSPS) is 19.5. The summed E-state index contributed by atoms with van der Waals surface area (Å²) in [5.74, 6) is -0.527. The number of likely N-dealkylation sites (tertiary alicyclic amines) is 1. The molecule has 3 amide bonds. The second kappa shape index (κ2) is 6.39. The maximum Gasteiger partial charge on any atom is 0.317 e. The average Bonchev–Trinajstić information content (AvgIpc) is 2.95. The van der Waals surface area contributed by atoms with E-state index >= 15 is 0 Å². The highest BCUT2D eigenvalue weighted by molar-refractivity contribution is 14.1. The SMILES string of the molecule is O=C(c1cc(F)ccc1I)N1CCC(N2CCNC2=O)CC1. The van der Waals surface area contributed by atoms with Gasteiger partial charge in [-0.15, -0.1) is 0 Å². The van der Waals surface area contributed by atoms with E-state index in [1.54, 1.807) is 11.0 Å². The van der Waals surface area contributed by atoms with Crippen LogP contribution in [-0.2, 0) is 0 Å². The predicted molar refractivity (Wildman–Crippen MR) is 88.1 cm³/mol. The molecule has 2 saturated heterocycles. The van der Waals surface area contributed by atoms with Crippen LogP contribution in [0.3, 0.4) is 0 Å². The Kier molecular flexibility index (Phi) is 4.51. The van der Waals surface area contributed by atoms with Crippen molar-refractivity contribution in [1.82, 2.24) is 15.1 Å². The number of benzene rings is 1. The van der Waals surface area contributed by atoms with Crippen molar-refractivity contribution in [2.24, 2.45) is 0 Å². The number of urea groups is 1. The number of carbonyl (C=O) groups excluding carboxylic acids is 2. The molecular weight excluding hydrogens is 400 g/mol. The molecule has 2 aliphatic rings. The minimum Gasteiger partial charge on any atom is -0.338 e. The third-order valence-corrected chi connectivity index (χ3v) is 5.18. The molecule has 0 aliphatic carbocycles. The zero-order valence-corrected chi connectivity index (χ0v) is 14.2. The van der Waals surface area contributed by atoms with Crippen LogP contribution >= 0.6 is 22.6 Å². The number of amides is 3. The van der Waals surface area contributed by atoms with E-state index in [1.165, 1.54) is 12.1 Å². The van der Waals surface area contributed by atoms with Gasteiger partial charge in [0, 0.05) is 35.8 Å². The molecule has 22 heavy (non-hydrogen) atoms. The van der Waals surface area contributed by atoms with Crippen molar-refractivity contribution in [2.75, 3.05) is 26.2 Å². The first-order valence-corrected chi connectivity index (χ1v) is 8.43. The largest absolute Gasteiger partial charge is 0.338 e. The van der Waals surface area contributed by atoms with E-state index in [0.717, 1.165) is 23.0 Å². The van der Waals surface area contributed by atoms with Gasteiger partial charge in [0.05, 0.1) is 5.56 Å². The summed E-state index contributed by atoms with van der Waals surface area (Å²) < 4.78 is 14.1. The number of rotatable bonds is 2. The number of carbonyl (C=O) groups is 2.